The van der Waals surface area contributed by atoms with Gasteiger partial charge in [-0.05, 0) is 60.4 Å². The molecule has 0 unspecified atom stereocenters. The molecule has 1 saturated heterocycles. The second-order valence-corrected chi connectivity index (χ2v) is 9.30. The van der Waals surface area contributed by atoms with Crippen molar-refractivity contribution in [1.29, 1.82) is 0 Å². The number of halogens is 1. The van der Waals surface area contributed by atoms with Gasteiger partial charge in [-0.25, -0.2) is 0 Å². The van der Waals surface area contributed by atoms with Crippen LogP contribution in [-0.2, 0) is 6.54 Å². The molecular formula is C24H25ClN4O5. The van der Waals surface area contributed by atoms with Crippen LogP contribution in [0.5, 0.6) is 17.5 Å². The Balaban J connectivity index is 1.10. The topological polar surface area (TPSA) is 91.9 Å². The summed E-state index contributed by atoms with van der Waals surface area (Å²) in [4.78, 5) is 16.6. The summed E-state index contributed by atoms with van der Waals surface area (Å²) in [5.41, 5.74) is 0.510. The van der Waals surface area contributed by atoms with Gasteiger partial charge in [-0.2, -0.15) is 0 Å². The van der Waals surface area contributed by atoms with Gasteiger partial charge in [-0.15, -0.1) is 0 Å². The molecule has 34 heavy (non-hydrogen) atoms. The van der Waals surface area contributed by atoms with Crippen LogP contribution in [0.2, 0.25) is 5.02 Å². The van der Waals surface area contributed by atoms with Crippen molar-refractivity contribution in [2.24, 2.45) is 0 Å². The number of nitro groups is 1. The predicted molar refractivity (Wildman–Crippen MR) is 127 cm³/mol. The molecule has 0 spiro atoms. The maximum absolute atomic E-state index is 10.9. The van der Waals surface area contributed by atoms with Gasteiger partial charge < -0.3 is 29.2 Å². The Kier molecular flexibility index (Phi) is 5.95. The largest absolute Gasteiger partial charge is 0.490 e. The second kappa shape index (κ2) is 9.06. The van der Waals surface area contributed by atoms with Gasteiger partial charge in [-0.1, -0.05) is 11.6 Å². The van der Waals surface area contributed by atoms with Crippen molar-refractivity contribution in [3.05, 3.63) is 69.9 Å². The molecule has 0 N–H and O–H groups in total. The van der Waals surface area contributed by atoms with Crippen LogP contribution in [0.4, 0.5) is 11.5 Å². The number of nitrogens with zero attached hydrogens (tertiary/aromatic N) is 4. The van der Waals surface area contributed by atoms with Gasteiger partial charge in [0.25, 0.3) is 0 Å². The van der Waals surface area contributed by atoms with Crippen LogP contribution in [0.3, 0.4) is 0 Å². The van der Waals surface area contributed by atoms with E-state index in [4.69, 9.17) is 25.8 Å². The Morgan fingerprint density at radius 2 is 1.82 bits per heavy atom. The Morgan fingerprint density at radius 1 is 1.15 bits per heavy atom. The quantitative estimate of drug-likeness (QED) is 0.354. The number of hydrogen-bond donors (Lipinski definition) is 0. The lowest BCUT2D eigenvalue weighted by molar-refractivity contribution is -0.389. The van der Waals surface area contributed by atoms with Gasteiger partial charge in [0.1, 0.15) is 30.4 Å². The lowest BCUT2D eigenvalue weighted by atomic mass is 10.1. The molecule has 2 aliphatic heterocycles. The fourth-order valence-corrected chi connectivity index (χ4v) is 4.41. The first-order valence-electron chi connectivity index (χ1n) is 11.2. The van der Waals surface area contributed by atoms with Crippen molar-refractivity contribution in [2.75, 3.05) is 24.6 Å². The van der Waals surface area contributed by atoms with E-state index in [0.29, 0.717) is 18.2 Å². The monoisotopic (exact) mass is 484 g/mol. The van der Waals surface area contributed by atoms with Gasteiger partial charge in [0.2, 0.25) is 0 Å². The molecular weight excluding hydrogens is 460 g/mol. The minimum Gasteiger partial charge on any atom is -0.490 e. The molecule has 3 heterocycles. The van der Waals surface area contributed by atoms with Crippen molar-refractivity contribution < 1.29 is 19.1 Å². The summed E-state index contributed by atoms with van der Waals surface area (Å²) in [5.74, 6) is 1.38. The van der Waals surface area contributed by atoms with Crippen LogP contribution in [-0.4, -0.2) is 45.9 Å². The number of anilines is 1. The average molecular weight is 485 g/mol. The first kappa shape index (κ1) is 22.3. The standard InChI is InChI=1S/C24H25ClN4O5/c1-24(15-28-14-22(29(30)31)26-23(28)34-24)16-32-19-8-4-18(5-9-19)27-12-10-21(11-13-27)33-20-6-2-17(25)3-7-20/h2-9,14,21H,10-13,15-16H2,1H3/t24-/m0/s1. The highest BCUT2D eigenvalue weighted by molar-refractivity contribution is 6.30. The fraction of sp³-hybridized carbons (Fsp3) is 0.375. The summed E-state index contributed by atoms with van der Waals surface area (Å²) in [7, 11) is 0. The summed E-state index contributed by atoms with van der Waals surface area (Å²) in [6, 6.07) is 15.8. The van der Waals surface area contributed by atoms with Crippen molar-refractivity contribution in [3.8, 4) is 17.5 Å². The summed E-state index contributed by atoms with van der Waals surface area (Å²) in [5, 5.41) is 11.6. The SMILES string of the molecule is C[C@@]1(COc2ccc(N3CCC(Oc4ccc(Cl)cc4)CC3)cc2)Cn2cc([N+](=O)[O-])nc2O1. The van der Waals surface area contributed by atoms with E-state index in [-0.39, 0.29) is 17.9 Å². The maximum Gasteiger partial charge on any atom is 0.415 e. The Hall–Kier alpha value is -3.46. The van der Waals surface area contributed by atoms with E-state index in [1.807, 2.05) is 43.3 Å². The van der Waals surface area contributed by atoms with Crippen LogP contribution >= 0.6 is 11.6 Å². The number of hydrogen-bond acceptors (Lipinski definition) is 7. The maximum atomic E-state index is 10.9. The van der Waals surface area contributed by atoms with Crippen LogP contribution in [0, 0.1) is 10.1 Å². The number of ether oxygens (including phenoxy) is 3. The second-order valence-electron chi connectivity index (χ2n) is 8.86. The number of fused-ring (bicyclic) bond motifs is 1. The molecule has 0 radical (unpaired) electrons. The van der Waals surface area contributed by atoms with Gasteiger partial charge in [0.05, 0.1) is 6.54 Å². The molecule has 178 valence electrons. The number of piperidine rings is 1. The highest BCUT2D eigenvalue weighted by Crippen LogP contribution is 2.32. The van der Waals surface area contributed by atoms with Crippen molar-refractivity contribution in [3.63, 3.8) is 0 Å². The highest BCUT2D eigenvalue weighted by atomic mass is 35.5. The zero-order valence-electron chi connectivity index (χ0n) is 18.7. The molecule has 10 heteroatoms. The first-order chi connectivity index (χ1) is 16.4. The summed E-state index contributed by atoms with van der Waals surface area (Å²) in [6.07, 6.45) is 3.48. The number of rotatable bonds is 7. The lowest BCUT2D eigenvalue weighted by Gasteiger charge is -2.33. The molecule has 1 fully saturated rings. The zero-order chi connectivity index (χ0) is 23.7. The third kappa shape index (κ3) is 4.89. The van der Waals surface area contributed by atoms with Crippen LogP contribution in [0.25, 0.3) is 0 Å². The van der Waals surface area contributed by atoms with E-state index in [0.717, 1.165) is 43.1 Å². The molecule has 0 aliphatic carbocycles. The predicted octanol–water partition coefficient (Wildman–Crippen LogP) is 4.72. The third-order valence-corrected chi connectivity index (χ3v) is 6.31. The van der Waals surface area contributed by atoms with E-state index < -0.39 is 10.5 Å². The molecule has 0 amide bonds. The normalized spacial score (nSPS) is 20.0. The summed E-state index contributed by atoms with van der Waals surface area (Å²) < 4.78 is 19.5. The van der Waals surface area contributed by atoms with E-state index in [1.54, 1.807) is 4.57 Å². The Morgan fingerprint density at radius 3 is 2.47 bits per heavy atom. The lowest BCUT2D eigenvalue weighted by Crippen LogP contribution is -2.38. The van der Waals surface area contributed by atoms with Crippen LogP contribution in [0.15, 0.2) is 54.7 Å². The summed E-state index contributed by atoms with van der Waals surface area (Å²) in [6.45, 7) is 4.48. The van der Waals surface area contributed by atoms with Crippen LogP contribution < -0.4 is 19.1 Å². The van der Waals surface area contributed by atoms with E-state index in [2.05, 4.69) is 22.0 Å². The smallest absolute Gasteiger partial charge is 0.415 e. The molecule has 1 atom stereocenters. The molecule has 0 saturated carbocycles. The van der Waals surface area contributed by atoms with Crippen molar-refractivity contribution >= 4 is 23.1 Å². The Bertz CT molecular complexity index is 1130. The Labute approximate surface area is 202 Å². The molecule has 3 aromatic rings. The molecule has 2 aliphatic rings. The van der Waals surface area contributed by atoms with Gasteiger partial charge in [0, 0.05) is 41.6 Å². The minimum atomic E-state index is -0.637. The van der Waals surface area contributed by atoms with Gasteiger partial charge in [0.15, 0.2) is 5.60 Å². The average Bonchev–Trinajstić information content (AvgIpc) is 3.36. The third-order valence-electron chi connectivity index (χ3n) is 6.06. The molecule has 1 aromatic heterocycles. The molecule has 2 aromatic carbocycles. The summed E-state index contributed by atoms with van der Waals surface area (Å²) >= 11 is 5.94. The highest BCUT2D eigenvalue weighted by Gasteiger charge is 2.41. The number of imidazole rings is 1. The molecule has 0 bridgehead atoms. The van der Waals surface area contributed by atoms with E-state index in [9.17, 15) is 10.1 Å². The van der Waals surface area contributed by atoms with Gasteiger partial charge >= 0.3 is 11.8 Å². The molecule has 9 nitrogen and oxygen atoms in total. The first-order valence-corrected chi connectivity index (χ1v) is 11.6. The fourth-order valence-electron chi connectivity index (χ4n) is 4.28. The number of aromatic nitrogens is 2. The van der Waals surface area contributed by atoms with E-state index >= 15 is 0 Å². The molecule has 5 rings (SSSR count). The van der Waals surface area contributed by atoms with Crippen LogP contribution in [0.1, 0.15) is 19.8 Å². The van der Waals surface area contributed by atoms with Gasteiger partial charge in [-0.3, -0.25) is 4.57 Å². The van der Waals surface area contributed by atoms with Crippen molar-refractivity contribution in [2.45, 2.75) is 38.0 Å². The minimum absolute atomic E-state index is 0.198. The van der Waals surface area contributed by atoms with E-state index in [1.165, 1.54) is 6.20 Å². The number of benzene rings is 2. The van der Waals surface area contributed by atoms with Crippen molar-refractivity contribution in [1.82, 2.24) is 9.55 Å². The zero-order valence-corrected chi connectivity index (χ0v) is 19.5.